The predicted octanol–water partition coefficient (Wildman–Crippen LogP) is 3.90. The van der Waals surface area contributed by atoms with Crippen molar-refractivity contribution in [2.24, 2.45) is 0 Å². The van der Waals surface area contributed by atoms with Crippen LogP contribution in [-0.2, 0) is 0 Å². The van der Waals surface area contributed by atoms with Crippen LogP contribution in [0.4, 0.5) is 0 Å². The molecule has 0 aliphatic carbocycles. The van der Waals surface area contributed by atoms with Gasteiger partial charge < -0.3 is 15.2 Å². The van der Waals surface area contributed by atoms with Crippen LogP contribution in [0, 0.1) is 0 Å². The van der Waals surface area contributed by atoms with E-state index >= 15 is 0 Å². The first kappa shape index (κ1) is 17.5. The maximum absolute atomic E-state index is 10.1. The second-order valence-corrected chi connectivity index (χ2v) is 6.20. The van der Waals surface area contributed by atoms with Gasteiger partial charge in [0, 0.05) is 12.6 Å². The SMILES string of the molecule is CC(C)c1ccccc1OC[C@H](O)CN[C@@H](C)c1ccccc1. The average Bonchev–Trinajstić information content (AvgIpc) is 2.58. The molecule has 0 saturated heterocycles. The summed E-state index contributed by atoms with van der Waals surface area (Å²) in [5, 5.41) is 13.5. The van der Waals surface area contributed by atoms with E-state index in [2.05, 4.69) is 44.3 Å². The smallest absolute Gasteiger partial charge is 0.122 e. The molecule has 0 fully saturated rings. The summed E-state index contributed by atoms with van der Waals surface area (Å²) in [5.74, 6) is 1.26. The predicted molar refractivity (Wildman–Crippen MR) is 94.9 cm³/mol. The minimum Gasteiger partial charge on any atom is -0.491 e. The highest BCUT2D eigenvalue weighted by molar-refractivity contribution is 5.35. The molecule has 3 nitrogen and oxygen atoms in total. The van der Waals surface area contributed by atoms with Gasteiger partial charge in [0.15, 0.2) is 0 Å². The van der Waals surface area contributed by atoms with Crippen LogP contribution in [0.25, 0.3) is 0 Å². The number of nitrogens with one attached hydrogen (secondary N) is 1. The van der Waals surface area contributed by atoms with Crippen molar-refractivity contribution in [3.8, 4) is 5.75 Å². The molecule has 2 atom stereocenters. The van der Waals surface area contributed by atoms with Gasteiger partial charge in [-0.05, 0) is 30.0 Å². The van der Waals surface area contributed by atoms with Crippen LogP contribution < -0.4 is 10.1 Å². The largest absolute Gasteiger partial charge is 0.491 e. The molecule has 2 N–H and O–H groups in total. The average molecular weight is 313 g/mol. The lowest BCUT2D eigenvalue weighted by Crippen LogP contribution is -2.33. The molecular weight excluding hydrogens is 286 g/mol. The minimum atomic E-state index is -0.540. The van der Waals surface area contributed by atoms with Gasteiger partial charge in [-0.15, -0.1) is 0 Å². The first-order valence-electron chi connectivity index (χ1n) is 8.26. The third-order valence-corrected chi connectivity index (χ3v) is 3.93. The van der Waals surface area contributed by atoms with Crippen molar-refractivity contribution in [1.82, 2.24) is 5.32 Å². The summed E-state index contributed by atoms with van der Waals surface area (Å²) < 4.78 is 5.81. The fourth-order valence-electron chi connectivity index (χ4n) is 2.51. The molecule has 0 amide bonds. The molecular formula is C20H27NO2. The lowest BCUT2D eigenvalue weighted by Gasteiger charge is -2.19. The number of aliphatic hydroxyl groups excluding tert-OH is 1. The lowest BCUT2D eigenvalue weighted by molar-refractivity contribution is 0.103. The summed E-state index contributed by atoms with van der Waals surface area (Å²) in [6.45, 7) is 7.17. The Bertz CT molecular complexity index is 583. The van der Waals surface area contributed by atoms with E-state index in [0.29, 0.717) is 12.5 Å². The molecule has 0 aromatic heterocycles. The van der Waals surface area contributed by atoms with E-state index in [4.69, 9.17) is 4.74 Å². The van der Waals surface area contributed by atoms with Gasteiger partial charge in [0.1, 0.15) is 18.5 Å². The molecule has 23 heavy (non-hydrogen) atoms. The van der Waals surface area contributed by atoms with Crippen LogP contribution in [0.15, 0.2) is 54.6 Å². The van der Waals surface area contributed by atoms with Gasteiger partial charge in [-0.2, -0.15) is 0 Å². The van der Waals surface area contributed by atoms with Crippen LogP contribution in [0.1, 0.15) is 43.9 Å². The fourth-order valence-corrected chi connectivity index (χ4v) is 2.51. The summed E-state index contributed by atoms with van der Waals surface area (Å²) in [6, 6.07) is 18.4. The molecule has 2 aromatic rings. The van der Waals surface area contributed by atoms with Crippen LogP contribution in [-0.4, -0.2) is 24.4 Å². The molecule has 0 radical (unpaired) electrons. The summed E-state index contributed by atoms with van der Waals surface area (Å²) in [5.41, 5.74) is 2.39. The van der Waals surface area contributed by atoms with E-state index < -0.39 is 6.10 Å². The zero-order chi connectivity index (χ0) is 16.7. The van der Waals surface area contributed by atoms with E-state index in [1.165, 1.54) is 11.1 Å². The molecule has 0 heterocycles. The Morgan fingerprint density at radius 2 is 1.61 bits per heavy atom. The summed E-state index contributed by atoms with van der Waals surface area (Å²) in [6.07, 6.45) is -0.540. The van der Waals surface area contributed by atoms with Crippen LogP contribution >= 0.6 is 0 Å². The normalized spacial score (nSPS) is 13.8. The molecule has 0 unspecified atom stereocenters. The molecule has 0 aliphatic heterocycles. The van der Waals surface area contributed by atoms with Gasteiger partial charge in [0.05, 0.1) is 0 Å². The quantitative estimate of drug-likeness (QED) is 0.776. The standard InChI is InChI=1S/C20H27NO2/c1-15(2)19-11-7-8-12-20(19)23-14-18(22)13-21-16(3)17-9-5-4-6-10-17/h4-12,15-16,18,21-22H,13-14H2,1-3H3/t16-,18+/m0/s1. The molecule has 2 aromatic carbocycles. The number of rotatable bonds is 8. The summed E-state index contributed by atoms with van der Waals surface area (Å²) >= 11 is 0. The fraction of sp³-hybridized carbons (Fsp3) is 0.400. The number of aliphatic hydroxyl groups is 1. The molecule has 124 valence electrons. The Balaban J connectivity index is 1.81. The molecule has 0 bridgehead atoms. The Labute approximate surface area is 139 Å². The van der Waals surface area contributed by atoms with Crippen molar-refractivity contribution in [1.29, 1.82) is 0 Å². The van der Waals surface area contributed by atoms with Crippen LogP contribution in [0.3, 0.4) is 0 Å². The molecule has 2 rings (SSSR count). The lowest BCUT2D eigenvalue weighted by atomic mass is 10.0. The highest BCUT2D eigenvalue weighted by Gasteiger charge is 2.11. The number of hydrogen-bond acceptors (Lipinski definition) is 3. The molecule has 0 spiro atoms. The Kier molecular flexibility index (Phi) is 6.63. The molecule has 3 heteroatoms. The topological polar surface area (TPSA) is 41.5 Å². The minimum absolute atomic E-state index is 0.203. The molecule has 0 aliphatic rings. The number of hydrogen-bond donors (Lipinski definition) is 2. The Hall–Kier alpha value is -1.84. The van der Waals surface area contributed by atoms with Crippen molar-refractivity contribution in [3.05, 3.63) is 65.7 Å². The Morgan fingerprint density at radius 3 is 2.30 bits per heavy atom. The summed E-state index contributed by atoms with van der Waals surface area (Å²) in [4.78, 5) is 0. The van der Waals surface area contributed by atoms with E-state index in [1.54, 1.807) is 0 Å². The summed E-state index contributed by atoms with van der Waals surface area (Å²) in [7, 11) is 0. The zero-order valence-electron chi connectivity index (χ0n) is 14.2. The van der Waals surface area contributed by atoms with Crippen LogP contribution in [0.5, 0.6) is 5.75 Å². The number of ether oxygens (including phenoxy) is 1. The van der Waals surface area contributed by atoms with Gasteiger partial charge in [-0.25, -0.2) is 0 Å². The van der Waals surface area contributed by atoms with Gasteiger partial charge in [0.2, 0.25) is 0 Å². The first-order valence-corrected chi connectivity index (χ1v) is 8.26. The highest BCUT2D eigenvalue weighted by Crippen LogP contribution is 2.25. The van der Waals surface area contributed by atoms with Crippen LogP contribution in [0.2, 0.25) is 0 Å². The van der Waals surface area contributed by atoms with Crippen molar-refractivity contribution in [2.45, 2.75) is 38.8 Å². The first-order chi connectivity index (χ1) is 11.1. The van der Waals surface area contributed by atoms with E-state index in [9.17, 15) is 5.11 Å². The third kappa shape index (κ3) is 5.38. The highest BCUT2D eigenvalue weighted by atomic mass is 16.5. The monoisotopic (exact) mass is 313 g/mol. The van der Waals surface area contributed by atoms with Crippen molar-refractivity contribution < 1.29 is 9.84 Å². The Morgan fingerprint density at radius 1 is 0.957 bits per heavy atom. The second kappa shape index (κ2) is 8.70. The number of benzene rings is 2. The van der Waals surface area contributed by atoms with Gasteiger partial charge in [-0.3, -0.25) is 0 Å². The maximum Gasteiger partial charge on any atom is 0.122 e. The van der Waals surface area contributed by atoms with E-state index in [1.807, 2.05) is 36.4 Å². The van der Waals surface area contributed by atoms with Crippen molar-refractivity contribution in [2.75, 3.05) is 13.2 Å². The van der Waals surface area contributed by atoms with Crippen molar-refractivity contribution in [3.63, 3.8) is 0 Å². The zero-order valence-corrected chi connectivity index (χ0v) is 14.2. The van der Waals surface area contributed by atoms with E-state index in [0.717, 1.165) is 5.75 Å². The molecule has 0 saturated carbocycles. The second-order valence-electron chi connectivity index (χ2n) is 6.20. The maximum atomic E-state index is 10.1. The third-order valence-electron chi connectivity index (χ3n) is 3.93. The van der Waals surface area contributed by atoms with Gasteiger partial charge >= 0.3 is 0 Å². The van der Waals surface area contributed by atoms with Crippen molar-refractivity contribution >= 4 is 0 Å². The van der Waals surface area contributed by atoms with Gasteiger partial charge in [-0.1, -0.05) is 62.4 Å². The van der Waals surface area contributed by atoms with Gasteiger partial charge in [0.25, 0.3) is 0 Å². The van der Waals surface area contributed by atoms with E-state index in [-0.39, 0.29) is 12.6 Å². The number of para-hydroxylation sites is 1.